The number of anilines is 2. The Hall–Kier alpha value is -1.60. The van der Waals surface area contributed by atoms with Crippen LogP contribution in [0, 0.1) is 0 Å². The highest BCUT2D eigenvalue weighted by atomic mass is 32.1. The average molecular weight is 252 g/mol. The van der Waals surface area contributed by atoms with E-state index in [1.165, 1.54) is 10.5 Å². The Labute approximate surface area is 102 Å². The van der Waals surface area contributed by atoms with Gasteiger partial charge in [0.05, 0.1) is 11.9 Å². The van der Waals surface area contributed by atoms with Crippen molar-refractivity contribution in [1.82, 2.24) is 9.59 Å². The molecule has 0 aliphatic carbocycles. The summed E-state index contributed by atoms with van der Waals surface area (Å²) in [5.74, 6) is 0. The van der Waals surface area contributed by atoms with E-state index in [-0.39, 0.29) is 6.03 Å². The fraction of sp³-hybridized carbons (Fsp3) is 0. The summed E-state index contributed by atoms with van der Waals surface area (Å²) in [7, 11) is 0. The SMILES string of the molecule is O=C(Nc1cnns1)N(S)c1ccccc1. The largest absolute Gasteiger partial charge is 0.337 e. The maximum absolute atomic E-state index is 11.7. The fourth-order valence-electron chi connectivity index (χ4n) is 1.07. The molecule has 1 aromatic heterocycles. The number of nitrogens with zero attached hydrogens (tertiary/aromatic N) is 3. The number of carbonyl (C=O) groups is 1. The minimum absolute atomic E-state index is 0.347. The van der Waals surface area contributed by atoms with Crippen molar-refractivity contribution in [2.24, 2.45) is 0 Å². The van der Waals surface area contributed by atoms with Gasteiger partial charge in [0.2, 0.25) is 0 Å². The second-order valence-electron chi connectivity index (χ2n) is 2.86. The third-order valence-electron chi connectivity index (χ3n) is 1.78. The first kappa shape index (κ1) is 10.9. The summed E-state index contributed by atoms with van der Waals surface area (Å²) in [4.78, 5) is 11.7. The predicted octanol–water partition coefficient (Wildman–Crippen LogP) is 2.42. The number of urea groups is 1. The lowest BCUT2D eigenvalue weighted by atomic mass is 10.3. The third-order valence-corrected chi connectivity index (χ3v) is 2.78. The van der Waals surface area contributed by atoms with Crippen molar-refractivity contribution < 1.29 is 4.79 Å². The van der Waals surface area contributed by atoms with E-state index in [2.05, 4.69) is 27.7 Å². The molecule has 0 saturated heterocycles. The Morgan fingerprint density at radius 1 is 1.38 bits per heavy atom. The number of nitrogens with one attached hydrogen (secondary N) is 1. The Kier molecular flexibility index (Phi) is 3.37. The Morgan fingerprint density at radius 3 is 2.75 bits per heavy atom. The molecule has 0 unspecified atom stereocenters. The predicted molar refractivity (Wildman–Crippen MR) is 66.8 cm³/mol. The number of hydrogen-bond donors (Lipinski definition) is 2. The minimum atomic E-state index is -0.347. The van der Waals surface area contributed by atoms with Crippen LogP contribution in [-0.4, -0.2) is 15.6 Å². The molecular weight excluding hydrogens is 244 g/mol. The van der Waals surface area contributed by atoms with Crippen molar-refractivity contribution in [1.29, 1.82) is 0 Å². The molecule has 2 amide bonds. The molecule has 5 nitrogen and oxygen atoms in total. The van der Waals surface area contributed by atoms with Crippen LogP contribution in [0.15, 0.2) is 36.5 Å². The lowest BCUT2D eigenvalue weighted by molar-refractivity contribution is 0.260. The molecule has 7 heteroatoms. The fourth-order valence-corrected chi connectivity index (χ4v) is 1.66. The van der Waals surface area contributed by atoms with Gasteiger partial charge in [0, 0.05) is 11.5 Å². The van der Waals surface area contributed by atoms with Crippen LogP contribution in [0.1, 0.15) is 0 Å². The topological polar surface area (TPSA) is 58.1 Å². The van der Waals surface area contributed by atoms with E-state index in [4.69, 9.17) is 0 Å². The summed E-state index contributed by atoms with van der Waals surface area (Å²) in [6.45, 7) is 0. The Balaban J connectivity index is 2.05. The van der Waals surface area contributed by atoms with Crippen LogP contribution >= 0.6 is 24.3 Å². The molecule has 2 aromatic rings. The highest BCUT2D eigenvalue weighted by Gasteiger charge is 2.12. The zero-order valence-corrected chi connectivity index (χ0v) is 9.78. The molecular formula is C9H8N4OS2. The molecule has 1 N–H and O–H groups in total. The molecule has 0 fully saturated rings. The molecule has 1 heterocycles. The molecule has 0 atom stereocenters. The van der Waals surface area contributed by atoms with E-state index in [1.807, 2.05) is 18.2 Å². The molecule has 0 radical (unpaired) electrons. The van der Waals surface area contributed by atoms with Crippen LogP contribution in [0.25, 0.3) is 0 Å². The van der Waals surface area contributed by atoms with Gasteiger partial charge < -0.3 is 0 Å². The molecule has 82 valence electrons. The Bertz CT molecular complexity index is 460. The molecule has 0 aliphatic rings. The van der Waals surface area contributed by atoms with Crippen molar-refractivity contribution in [2.75, 3.05) is 9.62 Å². The van der Waals surface area contributed by atoms with Gasteiger partial charge in [0.1, 0.15) is 5.00 Å². The van der Waals surface area contributed by atoms with Gasteiger partial charge in [0.25, 0.3) is 0 Å². The molecule has 16 heavy (non-hydrogen) atoms. The summed E-state index contributed by atoms with van der Waals surface area (Å²) < 4.78 is 4.86. The second kappa shape index (κ2) is 4.95. The second-order valence-corrected chi connectivity index (χ2v) is 4.04. The number of carbonyl (C=O) groups excluding carboxylic acids is 1. The molecule has 1 aromatic carbocycles. The first-order valence-electron chi connectivity index (χ1n) is 4.40. The first-order chi connectivity index (χ1) is 7.77. The van der Waals surface area contributed by atoms with Gasteiger partial charge in [-0.3, -0.25) is 5.32 Å². The van der Waals surface area contributed by atoms with E-state index in [0.717, 1.165) is 11.5 Å². The van der Waals surface area contributed by atoms with Crippen molar-refractivity contribution in [2.45, 2.75) is 0 Å². The monoisotopic (exact) mass is 252 g/mol. The summed E-state index contributed by atoms with van der Waals surface area (Å²) in [5.41, 5.74) is 0.695. The summed E-state index contributed by atoms with van der Waals surface area (Å²) >= 11 is 5.22. The number of aromatic nitrogens is 2. The summed E-state index contributed by atoms with van der Waals surface area (Å²) in [5, 5.41) is 6.83. The zero-order valence-electron chi connectivity index (χ0n) is 8.07. The average Bonchev–Trinajstić information content (AvgIpc) is 2.82. The van der Waals surface area contributed by atoms with Crippen LogP contribution in [0.5, 0.6) is 0 Å². The maximum atomic E-state index is 11.7. The number of amides is 2. The van der Waals surface area contributed by atoms with Gasteiger partial charge >= 0.3 is 6.03 Å². The molecule has 0 bridgehead atoms. The van der Waals surface area contributed by atoms with Gasteiger partial charge in [-0.25, -0.2) is 9.10 Å². The van der Waals surface area contributed by atoms with Crippen molar-refractivity contribution in [3.63, 3.8) is 0 Å². The highest BCUT2D eigenvalue weighted by molar-refractivity contribution is 7.82. The van der Waals surface area contributed by atoms with E-state index >= 15 is 0 Å². The van der Waals surface area contributed by atoms with Crippen LogP contribution in [-0.2, 0) is 0 Å². The summed E-state index contributed by atoms with van der Waals surface area (Å²) in [6.07, 6.45) is 1.48. The van der Waals surface area contributed by atoms with Gasteiger partial charge in [-0.05, 0) is 12.1 Å². The number of para-hydroxylation sites is 1. The van der Waals surface area contributed by atoms with E-state index in [0.29, 0.717) is 10.7 Å². The van der Waals surface area contributed by atoms with Crippen LogP contribution in [0.2, 0.25) is 0 Å². The van der Waals surface area contributed by atoms with Crippen molar-refractivity contribution >= 4 is 41.1 Å². The normalized spacial score (nSPS) is 9.81. The van der Waals surface area contributed by atoms with Crippen molar-refractivity contribution in [3.8, 4) is 0 Å². The van der Waals surface area contributed by atoms with Gasteiger partial charge in [-0.2, -0.15) is 0 Å². The molecule has 0 aliphatic heterocycles. The Morgan fingerprint density at radius 2 is 2.12 bits per heavy atom. The lowest BCUT2D eigenvalue weighted by Gasteiger charge is -2.15. The van der Waals surface area contributed by atoms with Gasteiger partial charge in [-0.15, -0.1) is 5.10 Å². The van der Waals surface area contributed by atoms with Crippen molar-refractivity contribution in [3.05, 3.63) is 36.5 Å². The number of benzene rings is 1. The zero-order chi connectivity index (χ0) is 11.4. The van der Waals surface area contributed by atoms with Crippen LogP contribution in [0.4, 0.5) is 15.5 Å². The van der Waals surface area contributed by atoms with Gasteiger partial charge in [-0.1, -0.05) is 35.5 Å². The molecule has 0 spiro atoms. The molecule has 0 saturated carbocycles. The smallest absolute Gasteiger partial charge is 0.296 e. The quantitative estimate of drug-likeness (QED) is 0.807. The third kappa shape index (κ3) is 2.50. The van der Waals surface area contributed by atoms with Crippen LogP contribution in [0.3, 0.4) is 0 Å². The van der Waals surface area contributed by atoms with E-state index in [9.17, 15) is 4.79 Å². The highest BCUT2D eigenvalue weighted by Crippen LogP contribution is 2.18. The number of rotatable bonds is 2. The minimum Gasteiger partial charge on any atom is -0.296 e. The van der Waals surface area contributed by atoms with Crippen LogP contribution < -0.4 is 9.62 Å². The van der Waals surface area contributed by atoms with E-state index in [1.54, 1.807) is 12.1 Å². The standard InChI is InChI=1S/C9H8N4OS2/c14-9(11-8-6-10-12-16-8)13(15)7-4-2-1-3-5-7/h1-6,15H,(H,11,14). The lowest BCUT2D eigenvalue weighted by Crippen LogP contribution is -2.26. The molecule has 2 rings (SSSR count). The summed E-state index contributed by atoms with van der Waals surface area (Å²) in [6, 6.07) is 8.77. The number of hydrogen-bond acceptors (Lipinski definition) is 5. The first-order valence-corrected chi connectivity index (χ1v) is 5.57. The van der Waals surface area contributed by atoms with E-state index < -0.39 is 0 Å². The van der Waals surface area contributed by atoms with Gasteiger partial charge in [0.15, 0.2) is 0 Å². The number of thiol groups is 1. The maximum Gasteiger partial charge on any atom is 0.337 e.